The number of fused-ring (bicyclic) bond motifs is 1. The van der Waals surface area contributed by atoms with Gasteiger partial charge in [0.25, 0.3) is 0 Å². The summed E-state index contributed by atoms with van der Waals surface area (Å²) < 4.78 is 42.9. The average molecular weight is 283 g/mol. The molecule has 0 N–H and O–H groups in total. The molecule has 2 aromatic heterocycles. The minimum Gasteiger partial charge on any atom is -0.418 e. The normalized spacial score (nSPS) is 11.0. The number of benzene rings is 1. The highest BCUT2D eigenvalue weighted by Gasteiger charge is 2.20. The van der Waals surface area contributed by atoms with Crippen LogP contribution in [0.4, 0.5) is 17.3 Å². The van der Waals surface area contributed by atoms with Crippen LogP contribution in [0.25, 0.3) is 11.3 Å². The van der Waals surface area contributed by atoms with Gasteiger partial charge in [-0.05, 0) is 18.2 Å². The summed E-state index contributed by atoms with van der Waals surface area (Å²) in [5, 5.41) is 4.46. The minimum atomic E-state index is -6.00. The van der Waals surface area contributed by atoms with Gasteiger partial charge in [0.1, 0.15) is 5.69 Å². The monoisotopic (exact) mass is 283 g/mol. The third kappa shape index (κ3) is 4.08. The molecule has 0 spiro atoms. The molecule has 1 aromatic carbocycles. The van der Waals surface area contributed by atoms with Crippen LogP contribution in [0.3, 0.4) is 0 Å². The largest absolute Gasteiger partial charge is 0.673 e. The number of nitrogens with zero attached hydrogens (tertiary/aromatic N) is 3. The molecular weight excluding hydrogens is 273 g/mol. The van der Waals surface area contributed by atoms with Gasteiger partial charge in [0.2, 0.25) is 6.33 Å². The van der Waals surface area contributed by atoms with E-state index in [2.05, 4.69) is 5.10 Å². The smallest absolute Gasteiger partial charge is 0.418 e. The quantitative estimate of drug-likeness (QED) is 0.382. The van der Waals surface area contributed by atoms with Crippen LogP contribution >= 0.6 is 0 Å². The fourth-order valence-electron chi connectivity index (χ4n) is 1.59. The average Bonchev–Trinajstić information content (AvgIpc) is 2.81. The lowest BCUT2D eigenvalue weighted by atomic mass is 10.3. The number of hydrogen-bond donors (Lipinski definition) is 0. The van der Waals surface area contributed by atoms with Crippen molar-refractivity contribution in [2.45, 2.75) is 0 Å². The van der Waals surface area contributed by atoms with Gasteiger partial charge in [-0.1, -0.05) is 28.9 Å². The van der Waals surface area contributed by atoms with Crippen molar-refractivity contribution in [3.05, 3.63) is 61.1 Å². The summed E-state index contributed by atoms with van der Waals surface area (Å²) in [6.07, 6.45) is 3.95. The van der Waals surface area contributed by atoms with E-state index in [9.17, 15) is 17.3 Å². The Bertz CT molecular complexity index is 643. The van der Waals surface area contributed by atoms with E-state index in [0.717, 1.165) is 11.3 Å². The Kier molecular flexibility index (Phi) is 4.02. The van der Waals surface area contributed by atoms with Gasteiger partial charge >= 0.3 is 12.9 Å². The molecule has 0 fully saturated rings. The van der Waals surface area contributed by atoms with Crippen molar-refractivity contribution in [1.29, 1.82) is 0 Å². The van der Waals surface area contributed by atoms with E-state index >= 15 is 0 Å². The van der Waals surface area contributed by atoms with Crippen LogP contribution in [0.15, 0.2) is 61.1 Å². The highest BCUT2D eigenvalue weighted by molar-refractivity contribution is 6.50. The zero-order valence-electron chi connectivity index (χ0n) is 10.2. The first-order valence-corrected chi connectivity index (χ1v) is 5.72. The van der Waals surface area contributed by atoms with Gasteiger partial charge in [-0.15, -0.1) is 0 Å². The first kappa shape index (κ1) is 14.0. The molecule has 0 amide bonds. The molecule has 8 heteroatoms. The molecular formula is C12H10BF4N3. The summed E-state index contributed by atoms with van der Waals surface area (Å²) in [6, 6.07) is 16.0. The van der Waals surface area contributed by atoms with Crippen molar-refractivity contribution in [3.8, 4) is 5.69 Å². The lowest BCUT2D eigenvalue weighted by Gasteiger charge is -1.94. The Labute approximate surface area is 112 Å². The molecule has 3 rings (SSSR count). The lowest BCUT2D eigenvalue weighted by molar-refractivity contribution is -0.512. The Morgan fingerprint density at radius 3 is 2.10 bits per heavy atom. The topological polar surface area (TPSA) is 21.9 Å². The zero-order valence-corrected chi connectivity index (χ0v) is 10.2. The maximum Gasteiger partial charge on any atom is 0.673 e. The van der Waals surface area contributed by atoms with E-state index in [-0.39, 0.29) is 0 Å². The van der Waals surface area contributed by atoms with Gasteiger partial charge in [0.15, 0.2) is 0 Å². The first-order valence-electron chi connectivity index (χ1n) is 5.72. The molecule has 0 aliphatic carbocycles. The highest BCUT2D eigenvalue weighted by Crippen LogP contribution is 2.06. The van der Waals surface area contributed by atoms with Crippen molar-refractivity contribution >= 4 is 12.9 Å². The Morgan fingerprint density at radius 1 is 0.900 bits per heavy atom. The fraction of sp³-hybridized carbons (Fsp3) is 0. The summed E-state index contributed by atoms with van der Waals surface area (Å²) >= 11 is 0. The summed E-state index contributed by atoms with van der Waals surface area (Å²) in [7, 11) is -6.00. The van der Waals surface area contributed by atoms with E-state index in [4.69, 9.17) is 0 Å². The molecule has 0 aliphatic heterocycles. The van der Waals surface area contributed by atoms with E-state index in [1.54, 1.807) is 0 Å². The molecule has 2 heterocycles. The number of para-hydroxylation sites is 1. The SMILES string of the molecule is F[B-](F)(F)F.c1ccc(-n2c[n+]3ccccc3n2)cc1. The van der Waals surface area contributed by atoms with Gasteiger partial charge in [-0.2, -0.15) is 0 Å². The van der Waals surface area contributed by atoms with Crippen molar-refractivity contribution in [1.82, 2.24) is 9.78 Å². The standard InChI is InChI=1S/C12H10N3.BF4/c1-2-6-11(7-3-1)15-10-14-9-5-4-8-12(14)13-15;2-1(3,4)5/h1-10H;/q+1;-1. The van der Waals surface area contributed by atoms with Crippen LogP contribution in [-0.2, 0) is 0 Å². The third-order valence-corrected chi connectivity index (χ3v) is 2.33. The van der Waals surface area contributed by atoms with Crippen LogP contribution in [0.5, 0.6) is 0 Å². The number of rotatable bonds is 1. The van der Waals surface area contributed by atoms with Crippen molar-refractivity contribution in [3.63, 3.8) is 0 Å². The summed E-state index contributed by atoms with van der Waals surface area (Å²) in [6.45, 7) is 0. The van der Waals surface area contributed by atoms with Crippen molar-refractivity contribution in [2.75, 3.05) is 0 Å². The minimum absolute atomic E-state index is 0.946. The van der Waals surface area contributed by atoms with Gasteiger partial charge in [0, 0.05) is 6.07 Å². The molecule has 0 aliphatic rings. The molecule has 0 radical (unpaired) electrons. The maximum atomic E-state index is 9.75. The Balaban J connectivity index is 0.000000257. The maximum absolute atomic E-state index is 9.75. The van der Waals surface area contributed by atoms with E-state index in [1.807, 2.05) is 70.1 Å². The predicted molar refractivity (Wildman–Crippen MR) is 66.9 cm³/mol. The second-order valence-electron chi connectivity index (χ2n) is 3.86. The third-order valence-electron chi connectivity index (χ3n) is 2.33. The van der Waals surface area contributed by atoms with Crippen LogP contribution in [-0.4, -0.2) is 17.0 Å². The first-order chi connectivity index (χ1) is 9.43. The molecule has 104 valence electrons. The predicted octanol–water partition coefficient (Wildman–Crippen LogP) is 2.91. The summed E-state index contributed by atoms with van der Waals surface area (Å²) in [5.74, 6) is 0. The Hall–Kier alpha value is -2.38. The number of aromatic nitrogens is 3. The summed E-state index contributed by atoms with van der Waals surface area (Å²) in [4.78, 5) is 0. The molecule has 0 atom stereocenters. The summed E-state index contributed by atoms with van der Waals surface area (Å²) in [5.41, 5.74) is 2.02. The van der Waals surface area contributed by atoms with Crippen molar-refractivity contribution in [2.24, 2.45) is 0 Å². The molecule has 0 saturated heterocycles. The molecule has 0 saturated carbocycles. The van der Waals surface area contributed by atoms with E-state index in [1.165, 1.54) is 0 Å². The Morgan fingerprint density at radius 2 is 1.50 bits per heavy atom. The van der Waals surface area contributed by atoms with E-state index in [0.29, 0.717) is 0 Å². The molecule has 0 bridgehead atoms. The van der Waals surface area contributed by atoms with Gasteiger partial charge in [-0.25, -0.2) is 4.40 Å². The number of pyridine rings is 1. The van der Waals surface area contributed by atoms with Gasteiger partial charge in [-0.3, -0.25) is 0 Å². The zero-order chi connectivity index (χ0) is 14.6. The second kappa shape index (κ2) is 5.73. The van der Waals surface area contributed by atoms with Gasteiger partial charge in [0.05, 0.1) is 11.3 Å². The molecule has 3 nitrogen and oxygen atoms in total. The fourth-order valence-corrected chi connectivity index (χ4v) is 1.59. The highest BCUT2D eigenvalue weighted by atomic mass is 19.5. The molecule has 0 unspecified atom stereocenters. The lowest BCUT2D eigenvalue weighted by Crippen LogP contribution is -2.16. The molecule has 20 heavy (non-hydrogen) atoms. The van der Waals surface area contributed by atoms with E-state index < -0.39 is 7.25 Å². The van der Waals surface area contributed by atoms with Crippen LogP contribution in [0.2, 0.25) is 0 Å². The van der Waals surface area contributed by atoms with Crippen LogP contribution in [0, 0.1) is 0 Å². The van der Waals surface area contributed by atoms with Crippen LogP contribution < -0.4 is 4.40 Å². The van der Waals surface area contributed by atoms with Crippen LogP contribution in [0.1, 0.15) is 0 Å². The molecule has 3 aromatic rings. The second-order valence-corrected chi connectivity index (χ2v) is 3.86. The van der Waals surface area contributed by atoms with Crippen molar-refractivity contribution < 1.29 is 21.7 Å². The van der Waals surface area contributed by atoms with Gasteiger partial charge < -0.3 is 17.3 Å². The number of halogens is 4. The number of hydrogen-bond acceptors (Lipinski definition) is 1.